The summed E-state index contributed by atoms with van der Waals surface area (Å²) in [5.74, 6) is 1.59. The van der Waals surface area contributed by atoms with Crippen molar-refractivity contribution in [3.05, 3.63) is 29.3 Å². The zero-order valence-corrected chi connectivity index (χ0v) is 13.6. The van der Waals surface area contributed by atoms with Crippen molar-refractivity contribution in [3.8, 4) is 5.75 Å². The van der Waals surface area contributed by atoms with Gasteiger partial charge in [0.2, 0.25) is 0 Å². The van der Waals surface area contributed by atoms with Gasteiger partial charge < -0.3 is 14.8 Å². The second-order valence-electron chi connectivity index (χ2n) is 6.98. The summed E-state index contributed by atoms with van der Waals surface area (Å²) in [4.78, 5) is 0. The summed E-state index contributed by atoms with van der Waals surface area (Å²) in [5, 5.41) is 3.48. The van der Waals surface area contributed by atoms with Crippen molar-refractivity contribution in [2.24, 2.45) is 5.92 Å². The molecule has 0 radical (unpaired) electrons. The Bertz CT molecular complexity index is 514. The number of fused-ring (bicyclic) bond motifs is 1. The highest BCUT2D eigenvalue weighted by Crippen LogP contribution is 2.45. The second kappa shape index (κ2) is 5.62. The highest BCUT2D eigenvalue weighted by atomic mass is 16.5. The smallest absolute Gasteiger partial charge is 0.124 e. The van der Waals surface area contributed by atoms with Gasteiger partial charge in [0, 0.05) is 30.9 Å². The Morgan fingerprint density at radius 3 is 2.81 bits per heavy atom. The minimum absolute atomic E-state index is 0.0663. The normalized spacial score (nSPS) is 32.0. The van der Waals surface area contributed by atoms with E-state index in [0.29, 0.717) is 18.1 Å². The molecule has 0 bridgehead atoms. The Morgan fingerprint density at radius 2 is 2.10 bits per heavy atom. The molecular weight excluding hydrogens is 262 g/mol. The van der Waals surface area contributed by atoms with Gasteiger partial charge in [-0.3, -0.25) is 0 Å². The summed E-state index contributed by atoms with van der Waals surface area (Å²) in [7, 11) is 2.05. The molecular formula is C18H27NO2. The Hall–Kier alpha value is -1.06. The van der Waals surface area contributed by atoms with Crippen molar-refractivity contribution in [1.29, 1.82) is 0 Å². The van der Waals surface area contributed by atoms with Crippen LogP contribution in [0.2, 0.25) is 0 Å². The minimum atomic E-state index is -0.0663. The molecule has 3 rings (SSSR count). The lowest BCUT2D eigenvalue weighted by molar-refractivity contribution is -0.116. The molecule has 1 saturated heterocycles. The highest BCUT2D eigenvalue weighted by Gasteiger charge is 2.45. The predicted octanol–water partition coefficient (Wildman–Crippen LogP) is 3.61. The zero-order chi connectivity index (χ0) is 15.0. The van der Waals surface area contributed by atoms with Crippen LogP contribution in [0.4, 0.5) is 0 Å². The van der Waals surface area contributed by atoms with Gasteiger partial charge in [-0.2, -0.15) is 0 Å². The monoisotopic (exact) mass is 289 g/mol. The summed E-state index contributed by atoms with van der Waals surface area (Å²) in [6.07, 6.45) is 3.33. The molecule has 21 heavy (non-hydrogen) atoms. The van der Waals surface area contributed by atoms with Crippen molar-refractivity contribution in [2.45, 2.75) is 57.8 Å². The van der Waals surface area contributed by atoms with Gasteiger partial charge in [0.25, 0.3) is 0 Å². The van der Waals surface area contributed by atoms with E-state index in [9.17, 15) is 0 Å². The van der Waals surface area contributed by atoms with Gasteiger partial charge in [0.05, 0.1) is 12.7 Å². The first-order valence-corrected chi connectivity index (χ1v) is 8.11. The Morgan fingerprint density at radius 1 is 1.29 bits per heavy atom. The standard InChI is InChI=1S/C18H27NO2/c1-12(2)17-11-18(7-8-20-17)10-15(19-4)14-9-13(3)5-6-16(14)21-18/h5-6,9,12,15,17,19H,7-8,10-11H2,1-4H3. The van der Waals surface area contributed by atoms with Crippen molar-refractivity contribution >= 4 is 0 Å². The van der Waals surface area contributed by atoms with E-state index in [-0.39, 0.29) is 5.60 Å². The molecule has 3 nitrogen and oxygen atoms in total. The molecule has 1 aromatic carbocycles. The SMILES string of the molecule is CNC1CC2(CCOC(C(C)C)C2)Oc2ccc(C)cc21. The van der Waals surface area contributed by atoms with Gasteiger partial charge in [-0.25, -0.2) is 0 Å². The molecule has 3 heteroatoms. The third-order valence-electron chi connectivity index (χ3n) is 5.00. The summed E-state index contributed by atoms with van der Waals surface area (Å²) in [6, 6.07) is 6.90. The minimum Gasteiger partial charge on any atom is -0.487 e. The molecule has 2 aliphatic heterocycles. The van der Waals surface area contributed by atoms with Crippen LogP contribution >= 0.6 is 0 Å². The van der Waals surface area contributed by atoms with Crippen LogP contribution in [0.15, 0.2) is 18.2 Å². The number of benzene rings is 1. The van der Waals surface area contributed by atoms with Crippen LogP contribution in [0.25, 0.3) is 0 Å². The third kappa shape index (κ3) is 2.82. The highest BCUT2D eigenvalue weighted by molar-refractivity contribution is 5.41. The first kappa shape index (κ1) is 14.9. The lowest BCUT2D eigenvalue weighted by Crippen LogP contribution is -2.51. The maximum atomic E-state index is 6.51. The fourth-order valence-electron chi connectivity index (χ4n) is 3.68. The summed E-state index contributed by atoms with van der Waals surface area (Å²) >= 11 is 0. The van der Waals surface area contributed by atoms with E-state index in [0.717, 1.165) is 31.6 Å². The number of hydrogen-bond donors (Lipinski definition) is 1. The van der Waals surface area contributed by atoms with E-state index in [2.05, 4.69) is 51.3 Å². The van der Waals surface area contributed by atoms with Gasteiger partial charge in [0.1, 0.15) is 11.4 Å². The number of rotatable bonds is 2. The first-order chi connectivity index (χ1) is 10.0. The van der Waals surface area contributed by atoms with E-state index >= 15 is 0 Å². The zero-order valence-electron chi connectivity index (χ0n) is 13.6. The van der Waals surface area contributed by atoms with E-state index in [1.54, 1.807) is 0 Å². The quantitative estimate of drug-likeness (QED) is 0.902. The van der Waals surface area contributed by atoms with Crippen molar-refractivity contribution in [3.63, 3.8) is 0 Å². The predicted molar refractivity (Wildman–Crippen MR) is 84.8 cm³/mol. The maximum absolute atomic E-state index is 6.51. The van der Waals surface area contributed by atoms with Crippen molar-refractivity contribution < 1.29 is 9.47 Å². The Balaban J connectivity index is 1.91. The van der Waals surface area contributed by atoms with E-state index in [4.69, 9.17) is 9.47 Å². The summed E-state index contributed by atoms with van der Waals surface area (Å²) in [5.41, 5.74) is 2.53. The van der Waals surface area contributed by atoms with Crippen molar-refractivity contribution in [2.75, 3.05) is 13.7 Å². The number of aryl methyl sites for hydroxylation is 1. The molecule has 0 aliphatic carbocycles. The van der Waals surface area contributed by atoms with E-state index in [1.807, 2.05) is 0 Å². The Labute approximate surface area is 128 Å². The van der Waals surface area contributed by atoms with Gasteiger partial charge >= 0.3 is 0 Å². The average molecular weight is 289 g/mol. The van der Waals surface area contributed by atoms with Gasteiger partial charge in [-0.15, -0.1) is 0 Å². The van der Waals surface area contributed by atoms with E-state index in [1.165, 1.54) is 11.1 Å². The molecule has 2 aliphatic rings. The molecule has 1 spiro atoms. The third-order valence-corrected chi connectivity index (χ3v) is 5.00. The second-order valence-corrected chi connectivity index (χ2v) is 6.98. The van der Waals surface area contributed by atoms with Crippen LogP contribution in [0.5, 0.6) is 5.75 Å². The number of ether oxygens (including phenoxy) is 2. The molecule has 0 amide bonds. The summed E-state index contributed by atoms with van der Waals surface area (Å²) in [6.45, 7) is 7.42. The molecule has 0 saturated carbocycles. The Kier molecular flexibility index (Phi) is 3.98. The lowest BCUT2D eigenvalue weighted by Gasteiger charge is -2.47. The van der Waals surface area contributed by atoms with Crippen LogP contribution in [-0.4, -0.2) is 25.4 Å². The summed E-state index contributed by atoms with van der Waals surface area (Å²) < 4.78 is 12.5. The van der Waals surface area contributed by atoms with E-state index < -0.39 is 0 Å². The van der Waals surface area contributed by atoms with Crippen LogP contribution in [0, 0.1) is 12.8 Å². The molecule has 116 valence electrons. The first-order valence-electron chi connectivity index (χ1n) is 8.11. The lowest BCUT2D eigenvalue weighted by atomic mass is 9.78. The van der Waals surface area contributed by atoms with Crippen LogP contribution in [-0.2, 0) is 4.74 Å². The molecule has 3 unspecified atom stereocenters. The van der Waals surface area contributed by atoms with Crippen molar-refractivity contribution in [1.82, 2.24) is 5.32 Å². The molecule has 1 N–H and O–H groups in total. The molecule has 1 aromatic rings. The largest absolute Gasteiger partial charge is 0.487 e. The fraction of sp³-hybridized carbons (Fsp3) is 0.667. The van der Waals surface area contributed by atoms with Crippen LogP contribution in [0.1, 0.15) is 50.3 Å². The number of nitrogens with one attached hydrogen (secondary N) is 1. The van der Waals surface area contributed by atoms with Gasteiger partial charge in [0.15, 0.2) is 0 Å². The van der Waals surface area contributed by atoms with Crippen LogP contribution < -0.4 is 10.1 Å². The van der Waals surface area contributed by atoms with Gasteiger partial charge in [-0.1, -0.05) is 31.5 Å². The topological polar surface area (TPSA) is 30.5 Å². The maximum Gasteiger partial charge on any atom is 0.124 e. The van der Waals surface area contributed by atoms with Crippen LogP contribution in [0.3, 0.4) is 0 Å². The molecule has 0 aromatic heterocycles. The molecule has 1 fully saturated rings. The van der Waals surface area contributed by atoms with Gasteiger partial charge in [-0.05, 0) is 26.0 Å². The number of hydrogen-bond acceptors (Lipinski definition) is 3. The fourth-order valence-corrected chi connectivity index (χ4v) is 3.68. The molecule has 2 heterocycles. The average Bonchev–Trinajstić information content (AvgIpc) is 2.47. The molecule has 3 atom stereocenters.